The Morgan fingerprint density at radius 2 is 1.94 bits per heavy atom. The lowest BCUT2D eigenvalue weighted by molar-refractivity contribution is -0.128. The molecule has 1 amide bonds. The third-order valence-electron chi connectivity index (χ3n) is 2.95. The molecule has 0 heterocycles. The monoisotopic (exact) mass is 252 g/mol. The van der Waals surface area contributed by atoms with E-state index in [0.29, 0.717) is 12.1 Å². The Bertz CT molecular complexity index is 400. The van der Waals surface area contributed by atoms with Crippen LogP contribution in [0.25, 0.3) is 0 Å². The molecule has 0 aliphatic rings. The molecule has 1 aromatic carbocycles. The Hall–Kier alpha value is -1.75. The molecule has 5 nitrogen and oxygen atoms in total. The van der Waals surface area contributed by atoms with Crippen LogP contribution < -0.4 is 5.32 Å². The number of nitrogens with one attached hydrogen (secondary N) is 1. The van der Waals surface area contributed by atoms with Crippen LogP contribution in [0.5, 0.6) is 11.5 Å². The fraction of sp³-hybridized carbons (Fsp3) is 0.462. The SMILES string of the molecule is CCN(C)C(=O)CNC(C)c1c(O)cccc1O. The van der Waals surface area contributed by atoms with Gasteiger partial charge in [-0.15, -0.1) is 0 Å². The Morgan fingerprint density at radius 1 is 1.39 bits per heavy atom. The van der Waals surface area contributed by atoms with E-state index in [1.807, 2.05) is 6.92 Å². The number of rotatable bonds is 5. The van der Waals surface area contributed by atoms with Crippen molar-refractivity contribution < 1.29 is 15.0 Å². The number of carbonyl (C=O) groups is 1. The molecule has 0 fully saturated rings. The van der Waals surface area contributed by atoms with E-state index in [0.717, 1.165) is 0 Å². The minimum absolute atomic E-state index is 0.0197. The molecule has 1 rings (SSSR count). The van der Waals surface area contributed by atoms with Gasteiger partial charge in [0.2, 0.25) is 5.91 Å². The van der Waals surface area contributed by atoms with Crippen LogP contribution in [-0.4, -0.2) is 41.2 Å². The van der Waals surface area contributed by atoms with Crippen molar-refractivity contribution in [2.24, 2.45) is 0 Å². The van der Waals surface area contributed by atoms with Crippen molar-refractivity contribution in [2.45, 2.75) is 19.9 Å². The molecule has 1 atom stereocenters. The molecule has 0 saturated heterocycles. The molecule has 0 radical (unpaired) electrons. The maximum Gasteiger partial charge on any atom is 0.236 e. The molecule has 0 bridgehead atoms. The molecule has 5 heteroatoms. The molecular formula is C13H20N2O3. The van der Waals surface area contributed by atoms with Gasteiger partial charge >= 0.3 is 0 Å². The zero-order valence-corrected chi connectivity index (χ0v) is 11.0. The zero-order valence-electron chi connectivity index (χ0n) is 11.0. The molecule has 0 aliphatic heterocycles. The molecule has 0 aromatic heterocycles. The number of carbonyl (C=O) groups excluding carboxylic acids is 1. The summed E-state index contributed by atoms with van der Waals surface area (Å²) in [7, 11) is 1.73. The van der Waals surface area contributed by atoms with Crippen LogP contribution >= 0.6 is 0 Å². The van der Waals surface area contributed by atoms with Crippen molar-refractivity contribution in [3.8, 4) is 11.5 Å². The van der Waals surface area contributed by atoms with E-state index >= 15 is 0 Å². The number of likely N-dealkylation sites (N-methyl/N-ethyl adjacent to an activating group) is 1. The van der Waals surface area contributed by atoms with E-state index in [1.54, 1.807) is 24.9 Å². The van der Waals surface area contributed by atoms with Crippen LogP contribution in [0, 0.1) is 0 Å². The van der Waals surface area contributed by atoms with Crippen LogP contribution in [0.15, 0.2) is 18.2 Å². The number of nitrogens with zero attached hydrogens (tertiary/aromatic N) is 1. The van der Waals surface area contributed by atoms with Gasteiger partial charge in [0.15, 0.2) is 0 Å². The van der Waals surface area contributed by atoms with Crippen molar-refractivity contribution >= 4 is 5.91 Å². The highest BCUT2D eigenvalue weighted by Gasteiger charge is 2.16. The molecule has 0 aliphatic carbocycles. The Labute approximate surface area is 107 Å². The molecule has 0 spiro atoms. The van der Waals surface area contributed by atoms with Crippen molar-refractivity contribution in [1.29, 1.82) is 0 Å². The van der Waals surface area contributed by atoms with E-state index in [4.69, 9.17) is 0 Å². The molecule has 3 N–H and O–H groups in total. The minimum Gasteiger partial charge on any atom is -0.507 e. The number of aromatic hydroxyl groups is 2. The van der Waals surface area contributed by atoms with E-state index in [2.05, 4.69) is 5.32 Å². The summed E-state index contributed by atoms with van der Waals surface area (Å²) >= 11 is 0. The molecule has 18 heavy (non-hydrogen) atoms. The third kappa shape index (κ3) is 3.37. The molecule has 100 valence electrons. The average molecular weight is 252 g/mol. The van der Waals surface area contributed by atoms with Gasteiger partial charge in [0.1, 0.15) is 11.5 Å². The summed E-state index contributed by atoms with van der Waals surface area (Å²) in [6.07, 6.45) is 0. The van der Waals surface area contributed by atoms with Crippen molar-refractivity contribution in [1.82, 2.24) is 10.2 Å². The van der Waals surface area contributed by atoms with E-state index in [-0.39, 0.29) is 30.0 Å². The van der Waals surface area contributed by atoms with Gasteiger partial charge in [-0.2, -0.15) is 0 Å². The quantitative estimate of drug-likeness (QED) is 0.737. The summed E-state index contributed by atoms with van der Waals surface area (Å²) < 4.78 is 0. The second kappa shape index (κ2) is 6.26. The lowest BCUT2D eigenvalue weighted by Gasteiger charge is -2.19. The Morgan fingerprint density at radius 3 is 2.44 bits per heavy atom. The highest BCUT2D eigenvalue weighted by atomic mass is 16.3. The predicted octanol–water partition coefficient (Wildman–Crippen LogP) is 1.23. The number of hydrogen-bond acceptors (Lipinski definition) is 4. The lowest BCUT2D eigenvalue weighted by Crippen LogP contribution is -2.36. The van der Waals surface area contributed by atoms with Crippen LogP contribution in [0.4, 0.5) is 0 Å². The molecule has 1 unspecified atom stereocenters. The Balaban J connectivity index is 2.66. The highest BCUT2D eigenvalue weighted by molar-refractivity contribution is 5.78. The number of hydrogen-bond donors (Lipinski definition) is 3. The fourth-order valence-corrected chi connectivity index (χ4v) is 1.64. The summed E-state index contributed by atoms with van der Waals surface area (Å²) in [5, 5.41) is 22.4. The first-order valence-corrected chi connectivity index (χ1v) is 5.95. The van der Waals surface area contributed by atoms with Crippen molar-refractivity contribution in [3.63, 3.8) is 0 Å². The van der Waals surface area contributed by atoms with E-state index in [9.17, 15) is 15.0 Å². The fourth-order valence-electron chi connectivity index (χ4n) is 1.64. The first-order valence-electron chi connectivity index (χ1n) is 5.95. The van der Waals surface area contributed by atoms with Gasteiger partial charge < -0.3 is 20.4 Å². The topological polar surface area (TPSA) is 72.8 Å². The zero-order chi connectivity index (χ0) is 13.7. The highest BCUT2D eigenvalue weighted by Crippen LogP contribution is 2.31. The summed E-state index contributed by atoms with van der Waals surface area (Å²) in [5.41, 5.74) is 0.407. The number of benzene rings is 1. The predicted molar refractivity (Wildman–Crippen MR) is 69.5 cm³/mol. The maximum absolute atomic E-state index is 11.6. The lowest BCUT2D eigenvalue weighted by atomic mass is 10.1. The van der Waals surface area contributed by atoms with Crippen LogP contribution in [0.3, 0.4) is 0 Å². The average Bonchev–Trinajstić information content (AvgIpc) is 2.34. The summed E-state index contributed by atoms with van der Waals surface area (Å²) in [4.78, 5) is 13.2. The number of phenols is 2. The van der Waals surface area contributed by atoms with Crippen LogP contribution in [-0.2, 0) is 4.79 Å². The van der Waals surface area contributed by atoms with Crippen molar-refractivity contribution in [2.75, 3.05) is 20.1 Å². The Kier molecular flexibility index (Phi) is 4.97. The van der Waals surface area contributed by atoms with E-state index in [1.165, 1.54) is 12.1 Å². The normalized spacial score (nSPS) is 12.2. The van der Waals surface area contributed by atoms with Gasteiger partial charge in [-0.25, -0.2) is 0 Å². The summed E-state index contributed by atoms with van der Waals surface area (Å²) in [6.45, 7) is 4.50. The first kappa shape index (κ1) is 14.3. The molecule has 1 aromatic rings. The van der Waals surface area contributed by atoms with Crippen LogP contribution in [0.1, 0.15) is 25.5 Å². The van der Waals surface area contributed by atoms with Gasteiger partial charge in [0, 0.05) is 19.6 Å². The van der Waals surface area contributed by atoms with E-state index < -0.39 is 0 Å². The maximum atomic E-state index is 11.6. The smallest absolute Gasteiger partial charge is 0.236 e. The standard InChI is InChI=1S/C13H20N2O3/c1-4-15(3)12(18)8-14-9(2)13-10(16)6-5-7-11(13)17/h5-7,9,14,16-17H,4,8H2,1-3H3. The number of amides is 1. The van der Waals surface area contributed by atoms with Crippen LogP contribution in [0.2, 0.25) is 0 Å². The molecule has 0 saturated carbocycles. The minimum atomic E-state index is -0.305. The second-order valence-electron chi connectivity index (χ2n) is 4.22. The largest absolute Gasteiger partial charge is 0.507 e. The van der Waals surface area contributed by atoms with Gasteiger partial charge in [-0.05, 0) is 26.0 Å². The van der Waals surface area contributed by atoms with Crippen molar-refractivity contribution in [3.05, 3.63) is 23.8 Å². The van der Waals surface area contributed by atoms with Gasteiger partial charge in [0.05, 0.1) is 12.1 Å². The van der Waals surface area contributed by atoms with Gasteiger partial charge in [0.25, 0.3) is 0 Å². The first-order chi connectivity index (χ1) is 8.47. The van der Waals surface area contributed by atoms with Gasteiger partial charge in [-0.3, -0.25) is 4.79 Å². The summed E-state index contributed by atoms with van der Waals surface area (Å²) in [6, 6.07) is 4.28. The third-order valence-corrected chi connectivity index (χ3v) is 2.95. The second-order valence-corrected chi connectivity index (χ2v) is 4.22. The summed E-state index contributed by atoms with van der Waals surface area (Å²) in [5.74, 6) is 0.0110. The number of phenolic OH excluding ortho intramolecular Hbond substituents is 2. The van der Waals surface area contributed by atoms with Gasteiger partial charge in [-0.1, -0.05) is 6.07 Å². The molecular weight excluding hydrogens is 232 g/mol.